The second-order valence-corrected chi connectivity index (χ2v) is 13.0. The maximum atomic E-state index is 11.8. The van der Waals surface area contributed by atoms with Crippen molar-refractivity contribution in [3.05, 3.63) is 12.2 Å². The van der Waals surface area contributed by atoms with Crippen LogP contribution in [0.25, 0.3) is 0 Å². The zero-order valence-electron chi connectivity index (χ0n) is 13.3. The van der Waals surface area contributed by atoms with Gasteiger partial charge in [0.05, 0.1) is 17.0 Å². The van der Waals surface area contributed by atoms with Gasteiger partial charge >= 0.3 is 10.4 Å². The van der Waals surface area contributed by atoms with Crippen LogP contribution in [0.4, 0.5) is 0 Å². The second-order valence-electron chi connectivity index (χ2n) is 6.51. The van der Waals surface area contributed by atoms with Crippen molar-refractivity contribution in [3.63, 3.8) is 0 Å². The van der Waals surface area contributed by atoms with Gasteiger partial charge < -0.3 is 4.55 Å². The average Bonchev–Trinajstić information content (AvgIpc) is 2.06. The normalized spacial score (nSPS) is 16.4. The molecule has 0 fully saturated rings. The fourth-order valence-electron chi connectivity index (χ4n) is 1.22. The summed E-state index contributed by atoms with van der Waals surface area (Å²) < 4.78 is 59.3. The molecule has 0 bridgehead atoms. The molecular formula is C11H23O7S2Si-. The van der Waals surface area contributed by atoms with Crippen molar-refractivity contribution in [2.75, 3.05) is 0 Å². The number of rotatable bonds is 8. The minimum absolute atomic E-state index is 1.11. The van der Waals surface area contributed by atoms with E-state index in [0.29, 0.717) is 0 Å². The van der Waals surface area contributed by atoms with E-state index >= 15 is 0 Å². The molecule has 0 aromatic rings. The molecule has 0 aliphatic heterocycles. The van der Waals surface area contributed by atoms with Crippen molar-refractivity contribution >= 4 is 30.1 Å². The van der Waals surface area contributed by atoms with Crippen LogP contribution in [0, 0.1) is 0 Å². The van der Waals surface area contributed by atoms with Crippen molar-refractivity contribution < 1.29 is 29.4 Å². The van der Waals surface area contributed by atoms with Crippen LogP contribution in [0.1, 0.15) is 27.7 Å². The Morgan fingerprint density at radius 3 is 1.86 bits per heavy atom. The highest BCUT2D eigenvalue weighted by Crippen LogP contribution is 2.22. The zero-order valence-corrected chi connectivity index (χ0v) is 16.0. The highest BCUT2D eigenvalue weighted by molar-refractivity contribution is 7.83. The van der Waals surface area contributed by atoms with Gasteiger partial charge in [0, 0.05) is 0 Å². The predicted molar refractivity (Wildman–Crippen MR) is 81.7 cm³/mol. The van der Waals surface area contributed by atoms with Gasteiger partial charge in [-0.25, -0.2) is 8.39 Å². The smallest absolute Gasteiger partial charge is 0.390 e. The number of hydrogen-bond donors (Lipinski definition) is 0. The summed E-state index contributed by atoms with van der Waals surface area (Å²) in [5.74, 6) is 0. The molecule has 0 saturated heterocycles. The molecule has 0 aromatic heterocycles. The Morgan fingerprint density at radius 2 is 1.48 bits per heavy atom. The first-order valence-electron chi connectivity index (χ1n) is 6.19. The van der Waals surface area contributed by atoms with E-state index < -0.39 is 41.3 Å². The lowest BCUT2D eigenvalue weighted by Gasteiger charge is -2.26. The molecule has 0 heterocycles. The van der Waals surface area contributed by atoms with Gasteiger partial charge in [-0.2, -0.15) is 8.42 Å². The molecule has 21 heavy (non-hydrogen) atoms. The molecule has 0 aromatic carbocycles. The van der Waals surface area contributed by atoms with Crippen LogP contribution in [-0.2, 0) is 34.0 Å². The van der Waals surface area contributed by atoms with E-state index in [2.05, 4.69) is 4.18 Å². The van der Waals surface area contributed by atoms with E-state index in [0.717, 1.165) is 0 Å². The summed E-state index contributed by atoms with van der Waals surface area (Å²) in [6.07, 6.45) is 2.82. The van der Waals surface area contributed by atoms with E-state index in [1.165, 1.54) is 39.8 Å². The summed E-state index contributed by atoms with van der Waals surface area (Å²) in [6.45, 7) is 11.2. The van der Waals surface area contributed by atoms with E-state index in [1.54, 1.807) is 19.6 Å². The predicted octanol–water partition coefficient (Wildman–Crippen LogP) is 2.02. The Kier molecular flexibility index (Phi) is 6.95. The molecule has 126 valence electrons. The highest BCUT2D eigenvalue weighted by atomic mass is 32.3. The van der Waals surface area contributed by atoms with Gasteiger partial charge in [-0.05, 0) is 47.3 Å². The third-order valence-electron chi connectivity index (χ3n) is 1.84. The van der Waals surface area contributed by atoms with Crippen LogP contribution in [0.15, 0.2) is 12.2 Å². The number of hydrogen-bond acceptors (Lipinski definition) is 7. The van der Waals surface area contributed by atoms with Crippen molar-refractivity contribution in [3.8, 4) is 0 Å². The summed E-state index contributed by atoms with van der Waals surface area (Å²) in [6, 6.07) is 0. The first kappa shape index (κ1) is 20.9. The quantitative estimate of drug-likeness (QED) is 0.371. The Morgan fingerprint density at radius 1 is 1.05 bits per heavy atom. The van der Waals surface area contributed by atoms with Crippen LogP contribution >= 0.6 is 0 Å². The van der Waals surface area contributed by atoms with Crippen molar-refractivity contribution in [1.29, 1.82) is 0 Å². The summed E-state index contributed by atoms with van der Waals surface area (Å²) in [7, 11) is -6.46. The van der Waals surface area contributed by atoms with Gasteiger partial charge in [-0.1, -0.05) is 12.2 Å². The summed E-state index contributed by atoms with van der Waals surface area (Å²) >= 11 is -2.68. The lowest BCUT2D eigenvalue weighted by molar-refractivity contribution is 0.137. The van der Waals surface area contributed by atoms with Gasteiger partial charge in [-0.3, -0.25) is 8.06 Å². The molecule has 0 aliphatic carbocycles. The molecule has 0 radical (unpaired) electrons. The molecule has 7 nitrogen and oxygen atoms in total. The molecule has 0 rings (SSSR count). The molecule has 10 heteroatoms. The summed E-state index contributed by atoms with van der Waals surface area (Å²) in [5, 5.41) is 0. The SMILES string of the molecule is CC(C)(/C=C/C(C)(C)OS(=O)(=O)O[Si](C)(C)C)OS(=O)[O-]. The van der Waals surface area contributed by atoms with E-state index in [4.69, 9.17) is 8.06 Å². The summed E-state index contributed by atoms with van der Waals surface area (Å²) in [4.78, 5) is 0. The van der Waals surface area contributed by atoms with Crippen LogP contribution in [0.5, 0.6) is 0 Å². The first-order valence-corrected chi connectivity index (χ1v) is 11.9. The Labute approximate surface area is 130 Å². The van der Waals surface area contributed by atoms with Crippen molar-refractivity contribution in [2.45, 2.75) is 58.5 Å². The molecule has 0 amide bonds. The van der Waals surface area contributed by atoms with E-state index in [-0.39, 0.29) is 0 Å². The Balaban J connectivity index is 4.96. The van der Waals surface area contributed by atoms with Crippen LogP contribution in [0.3, 0.4) is 0 Å². The fourth-order valence-corrected chi connectivity index (χ4v) is 4.79. The minimum Gasteiger partial charge on any atom is -0.750 e. The van der Waals surface area contributed by atoms with E-state index in [1.807, 2.05) is 0 Å². The Hall–Kier alpha value is -0.103. The fraction of sp³-hybridized carbons (Fsp3) is 0.818. The summed E-state index contributed by atoms with van der Waals surface area (Å²) in [5.41, 5.74) is -2.32. The maximum Gasteiger partial charge on any atom is 0.390 e. The molecule has 0 N–H and O–H groups in total. The second kappa shape index (κ2) is 6.98. The van der Waals surface area contributed by atoms with Gasteiger partial charge in [0.25, 0.3) is 0 Å². The molecule has 0 aliphatic rings. The van der Waals surface area contributed by atoms with Gasteiger partial charge in [0.2, 0.25) is 8.32 Å². The molecule has 1 unspecified atom stereocenters. The maximum absolute atomic E-state index is 11.8. The molecule has 1 atom stereocenters. The van der Waals surface area contributed by atoms with E-state index in [9.17, 15) is 17.2 Å². The first-order chi connectivity index (χ1) is 9.04. The van der Waals surface area contributed by atoms with Gasteiger partial charge in [-0.15, -0.1) is 0 Å². The third-order valence-corrected chi connectivity index (χ3v) is 5.85. The Bertz CT molecular complexity index is 503. The highest BCUT2D eigenvalue weighted by Gasteiger charge is 2.31. The van der Waals surface area contributed by atoms with Crippen LogP contribution in [0.2, 0.25) is 19.6 Å². The average molecular weight is 360 g/mol. The van der Waals surface area contributed by atoms with Crippen molar-refractivity contribution in [2.24, 2.45) is 0 Å². The standard InChI is InChI=1S/C11H24O7S2Si/c1-10(2,16-19(12)13)8-9-11(3,4)17-20(14,15)18-21(5,6)7/h8-9H,1-7H3,(H,12,13)/p-1/b9-8+. The van der Waals surface area contributed by atoms with Gasteiger partial charge in [0.1, 0.15) is 5.60 Å². The van der Waals surface area contributed by atoms with Crippen LogP contribution < -0.4 is 0 Å². The molecule has 0 saturated carbocycles. The lowest BCUT2D eigenvalue weighted by atomic mass is 10.0. The monoisotopic (exact) mass is 359 g/mol. The lowest BCUT2D eigenvalue weighted by Crippen LogP contribution is -2.35. The topological polar surface area (TPSA) is 102 Å². The zero-order chi connectivity index (χ0) is 17.1. The molecule has 0 spiro atoms. The van der Waals surface area contributed by atoms with Crippen molar-refractivity contribution in [1.82, 2.24) is 0 Å². The largest absolute Gasteiger partial charge is 0.750 e. The molecular weight excluding hydrogens is 336 g/mol. The minimum atomic E-state index is -4.14. The van der Waals surface area contributed by atoms with Gasteiger partial charge in [0.15, 0.2) is 0 Å². The third kappa shape index (κ3) is 11.2. The van der Waals surface area contributed by atoms with Crippen LogP contribution in [-0.4, -0.2) is 36.7 Å².